The van der Waals surface area contributed by atoms with E-state index in [-0.39, 0.29) is 15.4 Å². The molecule has 0 spiro atoms. The first kappa shape index (κ1) is 19.8. The molecule has 1 aromatic carbocycles. The number of anilines is 1. The van der Waals surface area contributed by atoms with Gasteiger partial charge in [-0.15, -0.1) is 10.2 Å². The number of carbonyl (C=O) groups is 1. The molecule has 1 aromatic heterocycles. The van der Waals surface area contributed by atoms with Crippen molar-refractivity contribution in [1.29, 1.82) is 0 Å². The third-order valence-electron chi connectivity index (χ3n) is 3.63. The highest BCUT2D eigenvalue weighted by atomic mass is 35.5. The summed E-state index contributed by atoms with van der Waals surface area (Å²) in [4.78, 5) is 12.6. The number of sulfone groups is 1. The van der Waals surface area contributed by atoms with Crippen LogP contribution in [0.25, 0.3) is 0 Å². The van der Waals surface area contributed by atoms with Crippen LogP contribution in [0.2, 0.25) is 5.02 Å². The molecule has 0 aliphatic carbocycles. The largest absolute Gasteiger partial charge is 0.299 e. The third-order valence-corrected chi connectivity index (χ3v) is 7.57. The number of aromatic nitrogens is 2. The van der Waals surface area contributed by atoms with Crippen LogP contribution in [0.15, 0.2) is 29.2 Å². The molecule has 0 aliphatic heterocycles. The Morgan fingerprint density at radius 1 is 1.08 bits per heavy atom. The van der Waals surface area contributed by atoms with Gasteiger partial charge in [-0.1, -0.05) is 43.7 Å². The van der Waals surface area contributed by atoms with E-state index in [1.165, 1.54) is 49.4 Å². The molecule has 0 saturated heterocycles. The highest BCUT2D eigenvalue weighted by molar-refractivity contribution is 7.93. The zero-order valence-electron chi connectivity index (χ0n) is 14.6. The number of carbonyl (C=O) groups excluding carboxylic acids is 1. The Morgan fingerprint density at radius 2 is 1.64 bits per heavy atom. The van der Waals surface area contributed by atoms with Gasteiger partial charge in [0.15, 0.2) is 9.84 Å². The second-order valence-electron chi connectivity index (χ2n) is 7.08. The maximum atomic E-state index is 12.8. The Bertz CT molecular complexity index is 882. The number of nitrogens with zero attached hydrogens (tertiary/aromatic N) is 2. The Labute approximate surface area is 156 Å². The van der Waals surface area contributed by atoms with Crippen molar-refractivity contribution in [1.82, 2.24) is 10.2 Å². The molecule has 0 fully saturated rings. The summed E-state index contributed by atoms with van der Waals surface area (Å²) in [5.41, 5.74) is -0.203. The Balaban J connectivity index is 2.27. The molecule has 2 rings (SSSR count). The first-order valence-electron chi connectivity index (χ1n) is 7.51. The smallest absolute Gasteiger partial charge is 0.247 e. The van der Waals surface area contributed by atoms with Gasteiger partial charge in [0.05, 0.1) is 4.90 Å². The second kappa shape index (κ2) is 6.66. The molecule has 0 radical (unpaired) electrons. The number of hydrogen-bond acceptors (Lipinski definition) is 6. The maximum absolute atomic E-state index is 12.8. The quantitative estimate of drug-likeness (QED) is 0.843. The van der Waals surface area contributed by atoms with E-state index in [2.05, 4.69) is 15.5 Å². The van der Waals surface area contributed by atoms with Crippen molar-refractivity contribution in [2.45, 2.75) is 49.7 Å². The summed E-state index contributed by atoms with van der Waals surface area (Å²) < 4.78 is 24.0. The number of nitrogens with one attached hydrogen (secondary N) is 1. The molecule has 9 heteroatoms. The number of rotatable bonds is 4. The Hall–Kier alpha value is -1.51. The van der Waals surface area contributed by atoms with Gasteiger partial charge in [-0.05, 0) is 38.1 Å². The molecule has 6 nitrogen and oxygen atoms in total. The van der Waals surface area contributed by atoms with E-state index in [1.54, 1.807) is 0 Å². The molecule has 1 amide bonds. The maximum Gasteiger partial charge on any atom is 0.247 e. The standard InChI is InChI=1S/C16H20ClN3O3S2/c1-15(2,3)13-19-20-14(24-13)18-12(21)16(4,5)25(22,23)11-8-6-10(17)7-9-11/h6-9H,1-5H3,(H,18,20,21). The van der Waals surface area contributed by atoms with Crippen LogP contribution in [0.1, 0.15) is 39.6 Å². The zero-order valence-corrected chi connectivity index (χ0v) is 17.0. The predicted octanol–water partition coefficient (Wildman–Crippen LogP) is 3.68. The fraction of sp³-hybridized carbons (Fsp3) is 0.438. The van der Waals surface area contributed by atoms with Crippen LogP contribution in [-0.2, 0) is 20.0 Å². The SMILES string of the molecule is CC(C)(C)c1nnc(NC(=O)C(C)(C)S(=O)(=O)c2ccc(Cl)cc2)s1. The van der Waals surface area contributed by atoms with Gasteiger partial charge in [0.2, 0.25) is 11.0 Å². The van der Waals surface area contributed by atoms with E-state index in [0.29, 0.717) is 5.02 Å². The van der Waals surface area contributed by atoms with Gasteiger partial charge in [-0.25, -0.2) is 8.42 Å². The number of amides is 1. The van der Waals surface area contributed by atoms with E-state index in [9.17, 15) is 13.2 Å². The second-order valence-corrected chi connectivity index (χ2v) is 11.0. The van der Waals surface area contributed by atoms with Crippen LogP contribution in [0, 0.1) is 0 Å². The molecule has 1 N–H and O–H groups in total. The van der Waals surface area contributed by atoms with Crippen LogP contribution in [0.4, 0.5) is 5.13 Å². The molecule has 25 heavy (non-hydrogen) atoms. The molecule has 0 aliphatic rings. The topological polar surface area (TPSA) is 89.0 Å². The third kappa shape index (κ3) is 4.02. The van der Waals surface area contributed by atoms with E-state index < -0.39 is 20.5 Å². The van der Waals surface area contributed by atoms with Crippen molar-refractivity contribution in [3.8, 4) is 0 Å². The first-order valence-corrected chi connectivity index (χ1v) is 10.2. The molecule has 136 valence electrons. The number of benzene rings is 1. The highest BCUT2D eigenvalue weighted by Crippen LogP contribution is 2.30. The van der Waals surface area contributed by atoms with Crippen LogP contribution in [0.5, 0.6) is 0 Å². The zero-order chi connectivity index (χ0) is 19.0. The van der Waals surface area contributed by atoms with E-state index in [1.807, 2.05) is 20.8 Å². The molecule has 0 bridgehead atoms. The molecule has 2 aromatic rings. The fourth-order valence-corrected chi connectivity index (χ4v) is 4.16. The highest BCUT2D eigenvalue weighted by Gasteiger charge is 2.43. The van der Waals surface area contributed by atoms with Gasteiger partial charge < -0.3 is 0 Å². The molecular formula is C16H20ClN3O3S2. The van der Waals surface area contributed by atoms with Crippen LogP contribution in [0.3, 0.4) is 0 Å². The normalized spacial score (nSPS) is 12.9. The molecule has 0 atom stereocenters. The molecular weight excluding hydrogens is 382 g/mol. The average Bonchev–Trinajstić information content (AvgIpc) is 2.96. The Morgan fingerprint density at radius 3 is 2.12 bits per heavy atom. The van der Waals surface area contributed by atoms with Crippen LogP contribution < -0.4 is 5.32 Å². The van der Waals surface area contributed by atoms with Crippen molar-refractivity contribution >= 4 is 43.8 Å². The van der Waals surface area contributed by atoms with Gasteiger partial charge in [-0.3, -0.25) is 10.1 Å². The average molecular weight is 402 g/mol. The minimum absolute atomic E-state index is 0.0321. The fourth-order valence-electron chi connectivity index (χ4n) is 1.85. The first-order chi connectivity index (χ1) is 11.4. The van der Waals surface area contributed by atoms with Crippen molar-refractivity contribution in [2.75, 3.05) is 5.32 Å². The summed E-state index contributed by atoms with van der Waals surface area (Å²) >= 11 is 7.02. The lowest BCUT2D eigenvalue weighted by Crippen LogP contribution is -2.44. The van der Waals surface area contributed by atoms with Crippen molar-refractivity contribution in [2.24, 2.45) is 0 Å². The summed E-state index contributed by atoms with van der Waals surface area (Å²) in [7, 11) is -3.91. The summed E-state index contributed by atoms with van der Waals surface area (Å²) in [5, 5.41) is 12.0. The predicted molar refractivity (Wildman–Crippen MR) is 100.0 cm³/mol. The molecule has 1 heterocycles. The van der Waals surface area contributed by atoms with Crippen molar-refractivity contribution in [3.05, 3.63) is 34.3 Å². The lowest BCUT2D eigenvalue weighted by molar-refractivity contribution is -0.117. The molecule has 0 unspecified atom stereocenters. The van der Waals surface area contributed by atoms with Gasteiger partial charge >= 0.3 is 0 Å². The molecule has 0 saturated carbocycles. The van der Waals surface area contributed by atoms with Crippen LogP contribution >= 0.6 is 22.9 Å². The summed E-state index contributed by atoms with van der Waals surface area (Å²) in [6.07, 6.45) is 0. The summed E-state index contributed by atoms with van der Waals surface area (Å²) in [5.74, 6) is -0.668. The lowest BCUT2D eigenvalue weighted by Gasteiger charge is -2.23. The van der Waals surface area contributed by atoms with Crippen molar-refractivity contribution in [3.63, 3.8) is 0 Å². The Kier molecular flexibility index (Phi) is 5.28. The van der Waals surface area contributed by atoms with E-state index in [0.717, 1.165) is 5.01 Å². The van der Waals surface area contributed by atoms with Crippen LogP contribution in [-0.4, -0.2) is 29.3 Å². The van der Waals surface area contributed by atoms with Gasteiger partial charge in [0, 0.05) is 10.4 Å². The van der Waals surface area contributed by atoms with E-state index in [4.69, 9.17) is 11.6 Å². The minimum atomic E-state index is -3.91. The number of halogens is 1. The van der Waals surface area contributed by atoms with E-state index >= 15 is 0 Å². The minimum Gasteiger partial charge on any atom is -0.299 e. The lowest BCUT2D eigenvalue weighted by atomic mass is 9.98. The van der Waals surface area contributed by atoms with Crippen molar-refractivity contribution < 1.29 is 13.2 Å². The van der Waals surface area contributed by atoms with Gasteiger partial charge in [-0.2, -0.15) is 0 Å². The summed E-state index contributed by atoms with van der Waals surface area (Å²) in [6, 6.07) is 5.72. The summed E-state index contributed by atoms with van der Waals surface area (Å²) in [6.45, 7) is 8.66. The number of hydrogen-bond donors (Lipinski definition) is 1. The van der Waals surface area contributed by atoms with Gasteiger partial charge in [0.1, 0.15) is 9.75 Å². The monoisotopic (exact) mass is 401 g/mol. The van der Waals surface area contributed by atoms with Gasteiger partial charge in [0.25, 0.3) is 0 Å².